The van der Waals surface area contributed by atoms with Gasteiger partial charge in [0.15, 0.2) is 0 Å². The Hall–Kier alpha value is -1.51. The fraction of sp³-hybridized carbons (Fsp3) is 0.250. The van der Waals surface area contributed by atoms with Gasteiger partial charge in [0, 0.05) is 19.0 Å². The lowest BCUT2D eigenvalue weighted by Crippen LogP contribution is -2.21. The molecule has 1 unspecified atom stereocenters. The largest absolute Gasteiger partial charge is 0.370 e. The normalized spacial score (nSPS) is 16.1. The topological polar surface area (TPSA) is 105 Å². The van der Waals surface area contributed by atoms with Gasteiger partial charge in [0.1, 0.15) is 0 Å². The van der Waals surface area contributed by atoms with Crippen LogP contribution in [0.4, 0.5) is 0 Å². The second-order valence-electron chi connectivity index (χ2n) is 3.70. The standard InChI is InChI=1S/C8H7NS2.C4H8N2O3/c1-2-5-9-7(3-1)8-4-6-10-11-8;5-3(7)1-2-4(8)6-9/h1-6,8H;9H,1-2H2,(H2,5,7)(H,6,8). The van der Waals surface area contributed by atoms with Gasteiger partial charge in [-0.3, -0.25) is 19.8 Å². The average Bonchev–Trinajstić information content (AvgIpc) is 3.00. The summed E-state index contributed by atoms with van der Waals surface area (Å²) in [4.78, 5) is 24.4. The Kier molecular flexibility index (Phi) is 7.78. The molecule has 2 heterocycles. The molecule has 0 fully saturated rings. The van der Waals surface area contributed by atoms with E-state index in [4.69, 9.17) is 10.9 Å². The summed E-state index contributed by atoms with van der Waals surface area (Å²) in [5.41, 5.74) is 7.22. The third-order valence-electron chi connectivity index (χ3n) is 2.17. The molecule has 6 nitrogen and oxygen atoms in total. The van der Waals surface area contributed by atoms with Crippen LogP contribution >= 0.6 is 21.6 Å². The number of hydroxylamine groups is 1. The number of carbonyl (C=O) groups is 2. The van der Waals surface area contributed by atoms with Gasteiger partial charge >= 0.3 is 0 Å². The number of aromatic nitrogens is 1. The number of carbonyl (C=O) groups excluding carboxylic acids is 2. The van der Waals surface area contributed by atoms with Gasteiger partial charge in [0.05, 0.1) is 10.9 Å². The maximum absolute atomic E-state index is 10.1. The highest BCUT2D eigenvalue weighted by Crippen LogP contribution is 2.44. The van der Waals surface area contributed by atoms with Crippen LogP contribution in [0.15, 0.2) is 35.9 Å². The molecule has 0 spiro atoms. The Labute approximate surface area is 124 Å². The zero-order chi connectivity index (χ0) is 14.8. The van der Waals surface area contributed by atoms with Crippen molar-refractivity contribution >= 4 is 33.4 Å². The maximum atomic E-state index is 10.1. The number of pyridine rings is 1. The van der Waals surface area contributed by atoms with Crippen molar-refractivity contribution in [3.8, 4) is 0 Å². The average molecular weight is 313 g/mol. The molecule has 0 radical (unpaired) electrons. The molecule has 0 bridgehead atoms. The monoisotopic (exact) mass is 313 g/mol. The van der Waals surface area contributed by atoms with Crippen LogP contribution in [0.25, 0.3) is 0 Å². The molecule has 0 aromatic carbocycles. The first-order valence-electron chi connectivity index (χ1n) is 5.74. The molecule has 0 aliphatic carbocycles. The third-order valence-corrected chi connectivity index (χ3v) is 4.44. The predicted octanol–water partition coefficient (Wildman–Crippen LogP) is 1.79. The smallest absolute Gasteiger partial charge is 0.243 e. The van der Waals surface area contributed by atoms with Gasteiger partial charge in [0.2, 0.25) is 11.8 Å². The Morgan fingerprint density at radius 2 is 2.20 bits per heavy atom. The molecular formula is C12H15N3O3S2. The van der Waals surface area contributed by atoms with Crippen LogP contribution in [0.1, 0.15) is 23.8 Å². The highest BCUT2D eigenvalue weighted by molar-refractivity contribution is 8.78. The van der Waals surface area contributed by atoms with Crippen molar-refractivity contribution in [1.29, 1.82) is 0 Å². The van der Waals surface area contributed by atoms with Gasteiger partial charge in [-0.05, 0) is 17.5 Å². The summed E-state index contributed by atoms with van der Waals surface area (Å²) in [6.45, 7) is 0. The van der Waals surface area contributed by atoms with E-state index in [1.54, 1.807) is 10.8 Å². The molecule has 1 atom stereocenters. The fourth-order valence-electron chi connectivity index (χ4n) is 1.21. The van der Waals surface area contributed by atoms with Crippen molar-refractivity contribution in [2.75, 3.05) is 0 Å². The number of nitrogens with two attached hydrogens (primary N) is 1. The molecule has 0 saturated carbocycles. The second kappa shape index (κ2) is 9.40. The second-order valence-corrected chi connectivity index (χ2v) is 6.02. The van der Waals surface area contributed by atoms with E-state index in [9.17, 15) is 9.59 Å². The minimum atomic E-state index is -0.603. The van der Waals surface area contributed by atoms with Crippen molar-refractivity contribution < 1.29 is 14.8 Å². The molecule has 4 N–H and O–H groups in total. The van der Waals surface area contributed by atoms with Gasteiger partial charge in [-0.1, -0.05) is 33.7 Å². The zero-order valence-corrected chi connectivity index (χ0v) is 12.2. The van der Waals surface area contributed by atoms with Crippen LogP contribution in [-0.2, 0) is 9.59 Å². The Bertz CT molecular complexity index is 468. The quantitative estimate of drug-likeness (QED) is 0.444. The van der Waals surface area contributed by atoms with Crippen molar-refractivity contribution in [2.45, 2.75) is 18.1 Å². The van der Waals surface area contributed by atoms with Crippen LogP contribution in [-0.4, -0.2) is 22.0 Å². The number of hydrogen-bond acceptors (Lipinski definition) is 6. The summed E-state index contributed by atoms with van der Waals surface area (Å²) in [7, 11) is 3.61. The van der Waals surface area contributed by atoms with E-state index in [1.807, 2.05) is 29.1 Å². The van der Waals surface area contributed by atoms with Crippen molar-refractivity contribution in [3.05, 3.63) is 41.6 Å². The van der Waals surface area contributed by atoms with E-state index in [-0.39, 0.29) is 12.8 Å². The summed E-state index contributed by atoms with van der Waals surface area (Å²) >= 11 is 0. The lowest BCUT2D eigenvalue weighted by Gasteiger charge is -2.02. The number of rotatable bonds is 4. The first-order valence-corrected chi connectivity index (χ1v) is 8.02. The number of nitrogens with one attached hydrogen (secondary N) is 1. The summed E-state index contributed by atoms with van der Waals surface area (Å²) in [5, 5.41) is 10.5. The van der Waals surface area contributed by atoms with E-state index in [2.05, 4.69) is 22.5 Å². The number of hydrogen-bond donors (Lipinski definition) is 3. The van der Waals surface area contributed by atoms with Gasteiger partial charge in [0.25, 0.3) is 0 Å². The summed E-state index contributed by atoms with van der Waals surface area (Å²) in [6.07, 6.45) is 3.92. The molecule has 2 amide bonds. The van der Waals surface area contributed by atoms with Crippen LogP contribution in [0.2, 0.25) is 0 Å². The molecule has 20 heavy (non-hydrogen) atoms. The molecule has 1 aliphatic rings. The van der Waals surface area contributed by atoms with Crippen LogP contribution in [0.5, 0.6) is 0 Å². The molecule has 8 heteroatoms. The number of amides is 2. The Morgan fingerprint density at radius 1 is 1.40 bits per heavy atom. The number of primary amides is 1. The third kappa shape index (κ3) is 6.60. The summed E-state index contributed by atoms with van der Waals surface area (Å²) in [6, 6.07) is 6.04. The van der Waals surface area contributed by atoms with Crippen LogP contribution in [0.3, 0.4) is 0 Å². The molecule has 108 valence electrons. The minimum Gasteiger partial charge on any atom is -0.370 e. The van der Waals surface area contributed by atoms with Gasteiger partial charge < -0.3 is 5.73 Å². The zero-order valence-electron chi connectivity index (χ0n) is 10.6. The van der Waals surface area contributed by atoms with E-state index >= 15 is 0 Å². The molecular weight excluding hydrogens is 298 g/mol. The highest BCUT2D eigenvalue weighted by atomic mass is 33.1. The van der Waals surface area contributed by atoms with E-state index in [0.717, 1.165) is 5.69 Å². The van der Waals surface area contributed by atoms with Crippen molar-refractivity contribution in [2.24, 2.45) is 5.73 Å². The minimum absolute atomic E-state index is 0.0353. The maximum Gasteiger partial charge on any atom is 0.243 e. The Morgan fingerprint density at radius 3 is 2.70 bits per heavy atom. The fourth-order valence-corrected chi connectivity index (χ4v) is 3.33. The predicted molar refractivity (Wildman–Crippen MR) is 79.7 cm³/mol. The van der Waals surface area contributed by atoms with Gasteiger partial charge in [-0.2, -0.15) is 0 Å². The first kappa shape index (κ1) is 16.5. The lowest BCUT2D eigenvalue weighted by atomic mass is 10.3. The Balaban J connectivity index is 0.000000206. The van der Waals surface area contributed by atoms with Crippen molar-refractivity contribution in [3.63, 3.8) is 0 Å². The molecule has 1 aliphatic heterocycles. The number of nitrogens with zero attached hydrogens (tertiary/aromatic N) is 1. The van der Waals surface area contributed by atoms with E-state index < -0.39 is 11.8 Å². The summed E-state index contributed by atoms with van der Waals surface area (Å²) in [5.74, 6) is -1.16. The first-order chi connectivity index (χ1) is 9.63. The SMILES string of the molecule is C1=CC(c2ccccn2)SS1.NC(=O)CCC(=O)NO. The van der Waals surface area contributed by atoms with E-state index in [1.165, 1.54) is 5.48 Å². The molecule has 1 aromatic rings. The van der Waals surface area contributed by atoms with Crippen LogP contribution < -0.4 is 11.2 Å². The molecule has 1 aromatic heterocycles. The van der Waals surface area contributed by atoms with Gasteiger partial charge in [-0.15, -0.1) is 0 Å². The lowest BCUT2D eigenvalue weighted by molar-refractivity contribution is -0.131. The van der Waals surface area contributed by atoms with Crippen molar-refractivity contribution in [1.82, 2.24) is 10.5 Å². The summed E-state index contributed by atoms with van der Waals surface area (Å²) < 4.78 is 0. The molecule has 2 rings (SSSR count). The van der Waals surface area contributed by atoms with Gasteiger partial charge in [-0.25, -0.2) is 5.48 Å². The van der Waals surface area contributed by atoms with Crippen LogP contribution in [0, 0.1) is 0 Å². The van der Waals surface area contributed by atoms with E-state index in [0.29, 0.717) is 5.25 Å². The highest BCUT2D eigenvalue weighted by Gasteiger charge is 2.13. The molecule has 0 saturated heterocycles.